The topological polar surface area (TPSA) is 79.1 Å². The highest BCUT2D eigenvalue weighted by molar-refractivity contribution is 5.81. The number of rotatable bonds is 3. The van der Waals surface area contributed by atoms with Gasteiger partial charge in [-0.1, -0.05) is 11.6 Å². The molecule has 2 rings (SSSR count). The number of aliphatic carboxylic acids is 1. The lowest BCUT2D eigenvalue weighted by Gasteiger charge is -2.02. The van der Waals surface area contributed by atoms with Gasteiger partial charge in [0.1, 0.15) is 6.04 Å². The maximum Gasteiger partial charge on any atom is 0.320 e. The summed E-state index contributed by atoms with van der Waals surface area (Å²) in [5, 5.41) is 9.81. The number of hydrogen-bond acceptors (Lipinski definition) is 2. The van der Waals surface area contributed by atoms with Gasteiger partial charge in [0, 0.05) is 17.6 Å². The van der Waals surface area contributed by atoms with E-state index in [0.29, 0.717) is 6.42 Å². The van der Waals surface area contributed by atoms with Crippen molar-refractivity contribution in [3.05, 3.63) is 35.5 Å². The minimum absolute atomic E-state index is 0.322. The molecule has 0 saturated carbocycles. The van der Waals surface area contributed by atoms with E-state index in [9.17, 15) is 4.79 Å². The van der Waals surface area contributed by atoms with Crippen LogP contribution in [0.2, 0.25) is 0 Å². The van der Waals surface area contributed by atoms with E-state index in [1.54, 1.807) is 0 Å². The number of hydrogen-bond donors (Lipinski definition) is 3. The summed E-state index contributed by atoms with van der Waals surface area (Å²) in [4.78, 5) is 13.8. The van der Waals surface area contributed by atoms with Gasteiger partial charge in [-0.3, -0.25) is 4.79 Å². The van der Waals surface area contributed by atoms with Gasteiger partial charge in [0.15, 0.2) is 0 Å². The Kier molecular flexibility index (Phi) is 2.66. The first-order chi connectivity index (χ1) is 7.56. The van der Waals surface area contributed by atoms with Crippen LogP contribution >= 0.6 is 0 Å². The number of carbonyl (C=O) groups is 1. The second-order valence-electron chi connectivity index (χ2n) is 4.03. The van der Waals surface area contributed by atoms with Crippen LogP contribution in [0.15, 0.2) is 24.3 Å². The molecule has 0 bridgehead atoms. The summed E-state index contributed by atoms with van der Waals surface area (Å²) in [5.41, 5.74) is 8.53. The van der Waals surface area contributed by atoms with Crippen LogP contribution in [0.3, 0.4) is 0 Å². The Morgan fingerprint density at radius 3 is 2.94 bits per heavy atom. The second kappa shape index (κ2) is 3.98. The molecule has 0 saturated heterocycles. The van der Waals surface area contributed by atoms with Crippen molar-refractivity contribution in [2.45, 2.75) is 19.4 Å². The van der Waals surface area contributed by atoms with Gasteiger partial charge in [-0.05, 0) is 30.5 Å². The smallest absolute Gasteiger partial charge is 0.320 e. The second-order valence-corrected chi connectivity index (χ2v) is 4.03. The fourth-order valence-electron chi connectivity index (χ4n) is 1.75. The molecule has 0 aliphatic carbocycles. The van der Waals surface area contributed by atoms with Gasteiger partial charge >= 0.3 is 5.97 Å². The van der Waals surface area contributed by atoms with Crippen molar-refractivity contribution in [2.24, 2.45) is 5.73 Å². The largest absolute Gasteiger partial charge is 0.480 e. The predicted octanol–water partition coefficient (Wildman–Crippen LogP) is 1.43. The Hall–Kier alpha value is -1.81. The van der Waals surface area contributed by atoms with Gasteiger partial charge in [0.25, 0.3) is 0 Å². The third kappa shape index (κ3) is 2.06. The molecule has 1 aromatic carbocycles. The zero-order valence-electron chi connectivity index (χ0n) is 9.03. The summed E-state index contributed by atoms with van der Waals surface area (Å²) < 4.78 is 0. The molecule has 1 aromatic heterocycles. The first-order valence-electron chi connectivity index (χ1n) is 5.13. The SMILES string of the molecule is Cc1ccc2[nH]c(CC(N)C(=O)O)cc2c1. The van der Waals surface area contributed by atoms with E-state index in [0.717, 1.165) is 16.6 Å². The first kappa shape index (κ1) is 10.7. The van der Waals surface area contributed by atoms with Crippen molar-refractivity contribution in [3.8, 4) is 0 Å². The van der Waals surface area contributed by atoms with Gasteiger partial charge in [-0.15, -0.1) is 0 Å². The molecule has 1 heterocycles. The summed E-state index contributed by atoms with van der Waals surface area (Å²) >= 11 is 0. The molecule has 1 atom stereocenters. The molecular formula is C12H14N2O2. The predicted molar refractivity (Wildman–Crippen MR) is 62.4 cm³/mol. The van der Waals surface area contributed by atoms with Crippen molar-refractivity contribution in [1.82, 2.24) is 4.98 Å². The van der Waals surface area contributed by atoms with Crippen LogP contribution in [0.4, 0.5) is 0 Å². The van der Waals surface area contributed by atoms with E-state index in [-0.39, 0.29) is 0 Å². The van der Waals surface area contributed by atoms with Gasteiger partial charge in [0.05, 0.1) is 0 Å². The van der Waals surface area contributed by atoms with Crippen LogP contribution in [-0.4, -0.2) is 22.1 Å². The third-order valence-corrected chi connectivity index (χ3v) is 2.59. The minimum atomic E-state index is -0.977. The number of H-pyrrole nitrogens is 1. The van der Waals surface area contributed by atoms with E-state index >= 15 is 0 Å². The number of nitrogens with one attached hydrogen (secondary N) is 1. The molecule has 0 aliphatic heterocycles. The van der Waals surface area contributed by atoms with Gasteiger partial charge in [0.2, 0.25) is 0 Å². The van der Waals surface area contributed by atoms with E-state index in [1.165, 1.54) is 5.56 Å². The molecule has 84 valence electrons. The summed E-state index contributed by atoms with van der Waals surface area (Å²) in [6.45, 7) is 2.02. The third-order valence-electron chi connectivity index (χ3n) is 2.59. The summed E-state index contributed by atoms with van der Waals surface area (Å²) in [7, 11) is 0. The molecule has 0 spiro atoms. The van der Waals surface area contributed by atoms with E-state index in [2.05, 4.69) is 11.1 Å². The molecule has 4 N–H and O–H groups in total. The van der Waals surface area contributed by atoms with E-state index < -0.39 is 12.0 Å². The fourth-order valence-corrected chi connectivity index (χ4v) is 1.75. The molecule has 0 amide bonds. The number of aromatic amines is 1. The fraction of sp³-hybridized carbons (Fsp3) is 0.250. The molecule has 0 aliphatic rings. The highest BCUT2D eigenvalue weighted by atomic mass is 16.4. The Morgan fingerprint density at radius 1 is 1.50 bits per heavy atom. The zero-order valence-corrected chi connectivity index (χ0v) is 9.03. The first-order valence-corrected chi connectivity index (χ1v) is 5.13. The molecule has 4 heteroatoms. The maximum atomic E-state index is 10.6. The molecule has 0 fully saturated rings. The minimum Gasteiger partial charge on any atom is -0.480 e. The molecule has 1 unspecified atom stereocenters. The van der Waals surface area contributed by atoms with Crippen LogP contribution in [-0.2, 0) is 11.2 Å². The average Bonchev–Trinajstić information content (AvgIpc) is 2.58. The van der Waals surface area contributed by atoms with Crippen LogP contribution in [0.5, 0.6) is 0 Å². The quantitative estimate of drug-likeness (QED) is 0.729. The monoisotopic (exact) mass is 218 g/mol. The van der Waals surface area contributed by atoms with E-state index in [4.69, 9.17) is 10.8 Å². The standard InChI is InChI=1S/C12H14N2O2/c1-7-2-3-11-8(4-7)5-9(14-11)6-10(13)12(15)16/h2-5,10,14H,6,13H2,1H3,(H,15,16). The summed E-state index contributed by atoms with van der Waals surface area (Å²) in [5.74, 6) is -0.977. The van der Waals surface area contributed by atoms with Crippen molar-refractivity contribution in [2.75, 3.05) is 0 Å². The van der Waals surface area contributed by atoms with Gasteiger partial charge < -0.3 is 15.8 Å². The Balaban J connectivity index is 2.29. The van der Waals surface area contributed by atoms with E-state index in [1.807, 2.05) is 25.1 Å². The van der Waals surface area contributed by atoms with Crippen molar-refractivity contribution >= 4 is 16.9 Å². The molecule has 2 aromatic rings. The number of carboxylic acids is 1. The molecule has 16 heavy (non-hydrogen) atoms. The normalized spacial score (nSPS) is 12.9. The Morgan fingerprint density at radius 2 is 2.25 bits per heavy atom. The van der Waals surface area contributed by atoms with Crippen LogP contribution in [0.1, 0.15) is 11.3 Å². The highest BCUT2D eigenvalue weighted by Gasteiger charge is 2.13. The van der Waals surface area contributed by atoms with Crippen LogP contribution < -0.4 is 5.73 Å². The Bertz CT molecular complexity index is 531. The lowest BCUT2D eigenvalue weighted by Crippen LogP contribution is -2.32. The summed E-state index contributed by atoms with van der Waals surface area (Å²) in [6, 6.07) is 7.15. The number of benzene rings is 1. The van der Waals surface area contributed by atoms with Gasteiger partial charge in [-0.2, -0.15) is 0 Å². The molecule has 0 radical (unpaired) electrons. The molecular weight excluding hydrogens is 204 g/mol. The lowest BCUT2D eigenvalue weighted by atomic mass is 10.1. The number of carboxylic acid groups (broad SMARTS) is 1. The van der Waals surface area contributed by atoms with Gasteiger partial charge in [-0.25, -0.2) is 0 Å². The van der Waals surface area contributed by atoms with Crippen molar-refractivity contribution < 1.29 is 9.90 Å². The number of fused-ring (bicyclic) bond motifs is 1. The number of aromatic nitrogens is 1. The van der Waals surface area contributed by atoms with Crippen LogP contribution in [0, 0.1) is 6.92 Å². The van der Waals surface area contributed by atoms with Crippen molar-refractivity contribution in [3.63, 3.8) is 0 Å². The van der Waals surface area contributed by atoms with Crippen LogP contribution in [0.25, 0.3) is 10.9 Å². The number of aryl methyl sites for hydroxylation is 1. The lowest BCUT2D eigenvalue weighted by molar-refractivity contribution is -0.138. The maximum absolute atomic E-state index is 10.6. The zero-order chi connectivity index (χ0) is 11.7. The number of nitrogens with two attached hydrogens (primary N) is 1. The van der Waals surface area contributed by atoms with Crippen molar-refractivity contribution in [1.29, 1.82) is 0 Å². The Labute approximate surface area is 93.1 Å². The molecule has 4 nitrogen and oxygen atoms in total. The highest BCUT2D eigenvalue weighted by Crippen LogP contribution is 2.17. The summed E-state index contributed by atoms with van der Waals surface area (Å²) in [6.07, 6.45) is 0.322. The average molecular weight is 218 g/mol.